The standard InChI is InChI=1S/C18H11N5O2.ClH/c19-23-22-18(25)13-7-5-12(6-8-13)17(24)10-9-14-11-20-15-3-1-2-4-16(15)21-14;/h1-11H;1H. The quantitative estimate of drug-likeness (QED) is 0.224. The van der Waals surface area contributed by atoms with Crippen molar-refractivity contribution < 1.29 is 9.59 Å². The summed E-state index contributed by atoms with van der Waals surface area (Å²) in [6.45, 7) is 0. The van der Waals surface area contributed by atoms with Crippen LogP contribution in [0.25, 0.3) is 27.6 Å². The molecule has 0 N–H and O–H groups in total. The Bertz CT molecular complexity index is 1040. The molecule has 26 heavy (non-hydrogen) atoms. The van der Waals surface area contributed by atoms with E-state index in [1.54, 1.807) is 12.3 Å². The number of benzene rings is 2. The molecule has 0 unspecified atom stereocenters. The number of hydrogen-bond donors (Lipinski definition) is 0. The maximum absolute atomic E-state index is 12.2. The number of halogens is 1. The van der Waals surface area contributed by atoms with Gasteiger partial charge in [-0.2, -0.15) is 0 Å². The van der Waals surface area contributed by atoms with Crippen molar-refractivity contribution in [1.29, 1.82) is 0 Å². The third-order valence-corrected chi connectivity index (χ3v) is 3.42. The van der Waals surface area contributed by atoms with Crippen molar-refractivity contribution in [1.82, 2.24) is 9.97 Å². The number of carbonyl (C=O) groups excluding carboxylic acids is 2. The SMILES string of the molecule is Cl.[N-]=[N+]=NC(=O)c1ccc(C(=O)C=Cc2cnc3ccccc3n2)cc1. The van der Waals surface area contributed by atoms with E-state index in [4.69, 9.17) is 5.53 Å². The summed E-state index contributed by atoms with van der Waals surface area (Å²) in [4.78, 5) is 34.7. The minimum atomic E-state index is -0.691. The second-order valence-electron chi connectivity index (χ2n) is 5.05. The van der Waals surface area contributed by atoms with E-state index < -0.39 is 5.91 Å². The van der Waals surface area contributed by atoms with Crippen LogP contribution < -0.4 is 0 Å². The van der Waals surface area contributed by atoms with Crippen molar-refractivity contribution in [2.75, 3.05) is 0 Å². The third-order valence-electron chi connectivity index (χ3n) is 3.42. The van der Waals surface area contributed by atoms with Gasteiger partial charge in [-0.3, -0.25) is 14.6 Å². The fraction of sp³-hybridized carbons (Fsp3) is 0. The fourth-order valence-electron chi connectivity index (χ4n) is 2.18. The van der Waals surface area contributed by atoms with Crippen molar-refractivity contribution in [3.63, 3.8) is 0 Å². The number of rotatable bonds is 4. The molecule has 8 heteroatoms. The van der Waals surface area contributed by atoms with Crippen LogP contribution in [0.4, 0.5) is 0 Å². The summed E-state index contributed by atoms with van der Waals surface area (Å²) >= 11 is 0. The van der Waals surface area contributed by atoms with E-state index in [0.717, 1.165) is 11.0 Å². The van der Waals surface area contributed by atoms with Gasteiger partial charge in [0.1, 0.15) is 0 Å². The lowest BCUT2D eigenvalue weighted by Gasteiger charge is -1.99. The molecule has 0 aliphatic rings. The van der Waals surface area contributed by atoms with Crippen LogP contribution in [0.15, 0.2) is 65.9 Å². The number of amides is 1. The monoisotopic (exact) mass is 365 g/mol. The van der Waals surface area contributed by atoms with Gasteiger partial charge in [0.15, 0.2) is 5.78 Å². The molecular weight excluding hydrogens is 354 g/mol. The topological polar surface area (TPSA) is 109 Å². The molecule has 1 aromatic heterocycles. The molecule has 0 spiro atoms. The fourth-order valence-corrected chi connectivity index (χ4v) is 2.18. The molecule has 0 atom stereocenters. The van der Waals surface area contributed by atoms with Crippen LogP contribution in [0.2, 0.25) is 0 Å². The average Bonchev–Trinajstić information content (AvgIpc) is 2.66. The van der Waals surface area contributed by atoms with Crippen LogP contribution in [0.3, 0.4) is 0 Å². The Morgan fingerprint density at radius 3 is 2.35 bits per heavy atom. The third kappa shape index (κ3) is 4.30. The molecule has 0 aliphatic carbocycles. The van der Waals surface area contributed by atoms with Crippen molar-refractivity contribution >= 4 is 41.2 Å². The molecule has 0 saturated carbocycles. The molecule has 0 bridgehead atoms. The summed E-state index contributed by atoms with van der Waals surface area (Å²) in [6.07, 6.45) is 4.57. The summed E-state index contributed by atoms with van der Waals surface area (Å²) in [5, 5.41) is 3.00. The van der Waals surface area contributed by atoms with Crippen molar-refractivity contribution in [3.05, 3.63) is 88.1 Å². The minimum Gasteiger partial charge on any atom is -0.289 e. The molecule has 3 rings (SSSR count). The van der Waals surface area contributed by atoms with Crippen LogP contribution in [0.1, 0.15) is 26.4 Å². The second-order valence-corrected chi connectivity index (χ2v) is 5.05. The van der Waals surface area contributed by atoms with Gasteiger partial charge >= 0.3 is 0 Å². The molecule has 7 nitrogen and oxygen atoms in total. The highest BCUT2D eigenvalue weighted by Crippen LogP contribution is 2.11. The van der Waals surface area contributed by atoms with Gasteiger partial charge in [0.2, 0.25) is 5.91 Å². The molecule has 1 heterocycles. The number of carbonyl (C=O) groups is 2. The van der Waals surface area contributed by atoms with Gasteiger partial charge < -0.3 is 0 Å². The first kappa shape index (κ1) is 18.8. The van der Waals surface area contributed by atoms with E-state index in [1.165, 1.54) is 30.3 Å². The molecule has 3 aromatic rings. The maximum Gasteiger partial charge on any atom is 0.249 e. The maximum atomic E-state index is 12.2. The van der Waals surface area contributed by atoms with Crippen LogP contribution in [-0.2, 0) is 0 Å². The van der Waals surface area contributed by atoms with Gasteiger partial charge in [-0.1, -0.05) is 36.4 Å². The Kier molecular flexibility index (Phi) is 6.16. The van der Waals surface area contributed by atoms with Gasteiger partial charge in [-0.05, 0) is 34.9 Å². The number of fused-ring (bicyclic) bond motifs is 1. The molecular formula is C18H12ClN5O2. The average molecular weight is 366 g/mol. The molecule has 0 saturated heterocycles. The number of nitrogens with zero attached hydrogens (tertiary/aromatic N) is 5. The number of azide groups is 1. The summed E-state index contributed by atoms with van der Waals surface area (Å²) in [6, 6.07) is 13.3. The van der Waals surface area contributed by atoms with Gasteiger partial charge in [0.25, 0.3) is 0 Å². The first-order valence-corrected chi connectivity index (χ1v) is 7.31. The Balaban J connectivity index is 0.00000243. The van der Waals surface area contributed by atoms with E-state index in [-0.39, 0.29) is 23.8 Å². The van der Waals surface area contributed by atoms with Gasteiger partial charge in [-0.25, -0.2) is 4.98 Å². The van der Waals surface area contributed by atoms with Crippen LogP contribution in [0, 0.1) is 0 Å². The van der Waals surface area contributed by atoms with E-state index >= 15 is 0 Å². The first-order valence-electron chi connectivity index (χ1n) is 7.31. The second kappa shape index (κ2) is 8.53. The minimum absolute atomic E-state index is 0. The van der Waals surface area contributed by atoms with Crippen LogP contribution >= 0.6 is 12.4 Å². The van der Waals surface area contributed by atoms with E-state index in [0.29, 0.717) is 11.3 Å². The van der Waals surface area contributed by atoms with Crippen LogP contribution in [-0.4, -0.2) is 21.7 Å². The number of para-hydroxylation sites is 2. The Morgan fingerprint density at radius 2 is 1.65 bits per heavy atom. The highest BCUT2D eigenvalue weighted by molar-refractivity contribution is 6.07. The van der Waals surface area contributed by atoms with E-state index in [9.17, 15) is 9.59 Å². The van der Waals surface area contributed by atoms with E-state index in [1.807, 2.05) is 24.3 Å². The zero-order chi connectivity index (χ0) is 17.6. The number of ketones is 1. The van der Waals surface area contributed by atoms with E-state index in [2.05, 4.69) is 20.0 Å². The van der Waals surface area contributed by atoms with Gasteiger partial charge in [0, 0.05) is 16.0 Å². The Hall–Kier alpha value is -3.54. The summed E-state index contributed by atoms with van der Waals surface area (Å²) in [7, 11) is 0. The largest absolute Gasteiger partial charge is 0.289 e. The molecule has 2 aromatic carbocycles. The molecule has 1 amide bonds. The Labute approximate surface area is 154 Å². The zero-order valence-electron chi connectivity index (χ0n) is 13.3. The van der Waals surface area contributed by atoms with Crippen molar-refractivity contribution in [3.8, 4) is 0 Å². The molecule has 0 radical (unpaired) electrons. The van der Waals surface area contributed by atoms with Crippen LogP contribution in [0.5, 0.6) is 0 Å². The predicted octanol–water partition coefficient (Wildman–Crippen LogP) is 4.40. The highest BCUT2D eigenvalue weighted by Gasteiger charge is 2.06. The van der Waals surface area contributed by atoms with Crippen molar-refractivity contribution in [2.24, 2.45) is 5.11 Å². The Morgan fingerprint density at radius 1 is 1.00 bits per heavy atom. The molecule has 128 valence electrons. The predicted molar refractivity (Wildman–Crippen MR) is 100 cm³/mol. The zero-order valence-corrected chi connectivity index (χ0v) is 14.1. The first-order chi connectivity index (χ1) is 12.2. The lowest BCUT2D eigenvalue weighted by molar-refractivity contribution is 0.0997. The number of allylic oxidation sites excluding steroid dienone is 1. The highest BCUT2D eigenvalue weighted by atomic mass is 35.5. The molecule has 0 aliphatic heterocycles. The lowest BCUT2D eigenvalue weighted by atomic mass is 10.1. The summed E-state index contributed by atoms with van der Waals surface area (Å²) in [5.74, 6) is -0.929. The van der Waals surface area contributed by atoms with Gasteiger partial charge in [0.05, 0.1) is 22.9 Å². The number of hydrogen-bond acceptors (Lipinski definition) is 4. The summed E-state index contributed by atoms with van der Waals surface area (Å²) < 4.78 is 0. The summed E-state index contributed by atoms with van der Waals surface area (Å²) in [5.41, 5.74) is 11.0. The normalized spacial score (nSPS) is 10.2. The van der Waals surface area contributed by atoms with Gasteiger partial charge in [-0.15, -0.1) is 12.4 Å². The number of aromatic nitrogens is 2. The lowest BCUT2D eigenvalue weighted by Crippen LogP contribution is -1.98. The smallest absolute Gasteiger partial charge is 0.249 e. The molecule has 0 fully saturated rings. The van der Waals surface area contributed by atoms with Crippen molar-refractivity contribution in [2.45, 2.75) is 0 Å².